The molecule has 3 aromatic rings. The fraction of sp³-hybridized carbons (Fsp3) is 0.160. The number of rotatable bonds is 1. The van der Waals surface area contributed by atoms with Crippen LogP contribution in [0.4, 0.5) is 4.79 Å². The molecule has 3 aromatic carbocycles. The van der Waals surface area contributed by atoms with Crippen molar-refractivity contribution in [3.05, 3.63) is 107 Å². The summed E-state index contributed by atoms with van der Waals surface area (Å²) in [6.07, 6.45) is -0.449. The third kappa shape index (κ3) is 5.49. The molecule has 0 aliphatic carbocycles. The Bertz CT molecular complexity index is 942. The number of aryl methyl sites for hydroxylation is 2. The smallest absolute Gasteiger partial charge is 0.407 e. The minimum atomic E-state index is -0.326. The molecule has 1 saturated heterocycles. The van der Waals surface area contributed by atoms with E-state index in [1.54, 1.807) is 0 Å². The second-order valence-electron chi connectivity index (χ2n) is 6.60. The van der Waals surface area contributed by atoms with E-state index in [0.29, 0.717) is 6.54 Å². The van der Waals surface area contributed by atoms with Crippen LogP contribution < -0.4 is 5.32 Å². The van der Waals surface area contributed by atoms with Crippen LogP contribution in [-0.2, 0) is 4.74 Å². The van der Waals surface area contributed by atoms with Crippen LogP contribution in [0, 0.1) is 25.7 Å². The Balaban J connectivity index is 0.000000161. The standard InChI is InChI=1S/C14H10.C11H13NO2/c1-3-7-13(8-4-1)11-12-14-9-5-2-6-10-14;1-7-3-4-9(5-8(7)2)10-6-12-11(13)14-10/h1-10H;3-5,10H,6H2,1-2H3,(H,12,13)/t;10-/m.1/s1. The zero-order valence-corrected chi connectivity index (χ0v) is 16.1. The second kappa shape index (κ2) is 9.43. The van der Waals surface area contributed by atoms with Gasteiger partial charge in [0.05, 0.1) is 6.54 Å². The lowest BCUT2D eigenvalue weighted by molar-refractivity contribution is 0.141. The molecule has 0 unspecified atom stereocenters. The molecule has 0 bridgehead atoms. The van der Waals surface area contributed by atoms with Gasteiger partial charge in [-0.25, -0.2) is 4.79 Å². The van der Waals surface area contributed by atoms with E-state index in [1.165, 1.54) is 11.1 Å². The van der Waals surface area contributed by atoms with E-state index >= 15 is 0 Å². The van der Waals surface area contributed by atoms with Gasteiger partial charge < -0.3 is 10.1 Å². The third-order valence-electron chi connectivity index (χ3n) is 4.48. The number of hydrogen-bond donors (Lipinski definition) is 1. The van der Waals surface area contributed by atoms with Crippen molar-refractivity contribution >= 4 is 6.09 Å². The third-order valence-corrected chi connectivity index (χ3v) is 4.48. The molecule has 1 heterocycles. The van der Waals surface area contributed by atoms with Crippen LogP contribution in [0.3, 0.4) is 0 Å². The highest BCUT2D eigenvalue weighted by Gasteiger charge is 2.23. The topological polar surface area (TPSA) is 38.3 Å². The van der Waals surface area contributed by atoms with Gasteiger partial charge in [-0.3, -0.25) is 0 Å². The van der Waals surface area contributed by atoms with Gasteiger partial charge in [0.15, 0.2) is 0 Å². The van der Waals surface area contributed by atoms with Gasteiger partial charge in [0.2, 0.25) is 0 Å². The van der Waals surface area contributed by atoms with Crippen molar-refractivity contribution in [2.75, 3.05) is 6.54 Å². The molecule has 0 aromatic heterocycles. The van der Waals surface area contributed by atoms with Crippen molar-refractivity contribution in [3.63, 3.8) is 0 Å². The van der Waals surface area contributed by atoms with Gasteiger partial charge in [-0.15, -0.1) is 0 Å². The first-order valence-corrected chi connectivity index (χ1v) is 9.25. The molecule has 4 rings (SSSR count). The minimum Gasteiger partial charge on any atom is -0.439 e. The summed E-state index contributed by atoms with van der Waals surface area (Å²) in [6, 6.07) is 26.1. The van der Waals surface area contributed by atoms with Gasteiger partial charge in [-0.05, 0) is 54.8 Å². The van der Waals surface area contributed by atoms with Crippen molar-refractivity contribution in [1.82, 2.24) is 5.32 Å². The van der Waals surface area contributed by atoms with Crippen LogP contribution in [0.15, 0.2) is 78.9 Å². The number of cyclic esters (lactones) is 1. The Morgan fingerprint density at radius 1 is 0.821 bits per heavy atom. The van der Waals surface area contributed by atoms with Crippen molar-refractivity contribution in [2.24, 2.45) is 0 Å². The molecule has 1 N–H and O–H groups in total. The first-order valence-electron chi connectivity index (χ1n) is 9.25. The molecule has 1 aliphatic rings. The Hall–Kier alpha value is -3.51. The summed E-state index contributed by atoms with van der Waals surface area (Å²) in [7, 11) is 0. The van der Waals surface area contributed by atoms with Crippen LogP contribution >= 0.6 is 0 Å². The van der Waals surface area contributed by atoms with Crippen molar-refractivity contribution in [1.29, 1.82) is 0 Å². The molecular formula is C25H23NO2. The number of nitrogens with one attached hydrogen (secondary N) is 1. The largest absolute Gasteiger partial charge is 0.439 e. The molecule has 0 saturated carbocycles. The highest BCUT2D eigenvalue weighted by atomic mass is 16.6. The molecular weight excluding hydrogens is 346 g/mol. The van der Waals surface area contributed by atoms with E-state index in [-0.39, 0.29) is 12.2 Å². The molecule has 1 atom stereocenters. The maximum Gasteiger partial charge on any atom is 0.407 e. The Labute approximate surface area is 166 Å². The maximum atomic E-state index is 10.8. The first-order chi connectivity index (χ1) is 13.6. The number of carbonyl (C=O) groups excluding carboxylic acids is 1. The van der Waals surface area contributed by atoms with Gasteiger partial charge in [-0.1, -0.05) is 66.4 Å². The SMILES string of the molecule is C(#Cc1ccccc1)c1ccccc1.Cc1ccc([C@H]2CNC(=O)O2)cc1C. The molecule has 0 radical (unpaired) electrons. The summed E-state index contributed by atoms with van der Waals surface area (Å²) in [6.45, 7) is 4.70. The summed E-state index contributed by atoms with van der Waals surface area (Å²) in [5.74, 6) is 6.22. The van der Waals surface area contributed by atoms with E-state index in [0.717, 1.165) is 16.7 Å². The molecule has 1 fully saturated rings. The van der Waals surface area contributed by atoms with Crippen molar-refractivity contribution < 1.29 is 9.53 Å². The molecule has 1 amide bonds. The average Bonchev–Trinajstić information content (AvgIpc) is 3.17. The summed E-state index contributed by atoms with van der Waals surface area (Å²) < 4.78 is 5.09. The van der Waals surface area contributed by atoms with Gasteiger partial charge in [-0.2, -0.15) is 0 Å². The second-order valence-corrected chi connectivity index (χ2v) is 6.60. The van der Waals surface area contributed by atoms with Crippen LogP contribution in [-0.4, -0.2) is 12.6 Å². The summed E-state index contributed by atoms with van der Waals surface area (Å²) in [4.78, 5) is 10.8. The quantitative estimate of drug-likeness (QED) is 0.601. The molecule has 1 aliphatic heterocycles. The van der Waals surface area contributed by atoms with Crippen LogP contribution in [0.2, 0.25) is 0 Å². The average molecular weight is 369 g/mol. The van der Waals surface area contributed by atoms with Crippen LogP contribution in [0.1, 0.15) is 33.9 Å². The number of alkyl carbamates (subject to hydrolysis) is 1. The van der Waals surface area contributed by atoms with E-state index in [9.17, 15) is 4.79 Å². The van der Waals surface area contributed by atoms with Crippen LogP contribution in [0.5, 0.6) is 0 Å². The molecule has 140 valence electrons. The monoisotopic (exact) mass is 369 g/mol. The number of benzene rings is 3. The number of ether oxygens (including phenoxy) is 1. The van der Waals surface area contributed by atoms with Crippen molar-refractivity contribution in [2.45, 2.75) is 20.0 Å². The van der Waals surface area contributed by atoms with E-state index in [4.69, 9.17) is 4.74 Å². The highest BCUT2D eigenvalue weighted by molar-refractivity contribution is 5.69. The zero-order chi connectivity index (χ0) is 19.8. The van der Waals surface area contributed by atoms with Crippen LogP contribution in [0.25, 0.3) is 0 Å². The predicted octanol–water partition coefficient (Wildman–Crippen LogP) is 5.17. The lowest BCUT2D eigenvalue weighted by atomic mass is 10.0. The Kier molecular flexibility index (Phi) is 6.49. The maximum absolute atomic E-state index is 10.8. The summed E-state index contributed by atoms with van der Waals surface area (Å²) in [5, 5.41) is 2.64. The fourth-order valence-corrected chi connectivity index (χ4v) is 2.73. The molecule has 3 heteroatoms. The number of carbonyl (C=O) groups is 1. The summed E-state index contributed by atoms with van der Waals surface area (Å²) >= 11 is 0. The Morgan fingerprint density at radius 3 is 1.86 bits per heavy atom. The molecule has 3 nitrogen and oxygen atoms in total. The lowest BCUT2D eigenvalue weighted by Crippen LogP contribution is -2.12. The van der Waals surface area contributed by atoms with Gasteiger partial charge in [0.1, 0.15) is 6.10 Å². The van der Waals surface area contributed by atoms with E-state index in [2.05, 4.69) is 43.1 Å². The fourth-order valence-electron chi connectivity index (χ4n) is 2.73. The van der Waals surface area contributed by atoms with Gasteiger partial charge in [0, 0.05) is 11.1 Å². The number of hydrogen-bond acceptors (Lipinski definition) is 2. The predicted molar refractivity (Wildman–Crippen MR) is 112 cm³/mol. The summed E-state index contributed by atoms with van der Waals surface area (Å²) in [5.41, 5.74) is 5.65. The van der Waals surface area contributed by atoms with E-state index in [1.807, 2.05) is 66.7 Å². The first kappa shape index (κ1) is 19.3. The zero-order valence-electron chi connectivity index (χ0n) is 16.1. The molecule has 28 heavy (non-hydrogen) atoms. The minimum absolute atomic E-state index is 0.123. The number of amides is 1. The lowest BCUT2D eigenvalue weighted by Gasteiger charge is -2.09. The Morgan fingerprint density at radius 2 is 1.39 bits per heavy atom. The van der Waals surface area contributed by atoms with Crippen molar-refractivity contribution in [3.8, 4) is 11.8 Å². The van der Waals surface area contributed by atoms with Gasteiger partial charge >= 0.3 is 6.09 Å². The highest BCUT2D eigenvalue weighted by Crippen LogP contribution is 2.22. The van der Waals surface area contributed by atoms with E-state index < -0.39 is 0 Å². The van der Waals surface area contributed by atoms with Gasteiger partial charge in [0.25, 0.3) is 0 Å². The normalized spacial score (nSPS) is 14.6. The molecule has 0 spiro atoms.